The molecule has 0 fully saturated rings. The smallest absolute Gasteiger partial charge is 0.145 e. The Morgan fingerprint density at radius 1 is 1.28 bits per heavy atom. The molecule has 3 nitrogen and oxygen atoms in total. The maximum Gasteiger partial charge on any atom is 0.145 e. The number of aryl methyl sites for hydroxylation is 1. The highest BCUT2D eigenvalue weighted by atomic mass is 16.5. The van der Waals surface area contributed by atoms with Gasteiger partial charge in [-0.2, -0.15) is 0 Å². The molecule has 0 radical (unpaired) electrons. The Morgan fingerprint density at radius 3 is 2.89 bits per heavy atom. The first-order valence-corrected chi connectivity index (χ1v) is 6.34. The lowest BCUT2D eigenvalue weighted by molar-refractivity contribution is 0.170. The van der Waals surface area contributed by atoms with E-state index in [2.05, 4.69) is 11.1 Å². The summed E-state index contributed by atoms with van der Waals surface area (Å²) in [6, 6.07) is 10.0. The molecule has 2 rings (SSSR count). The van der Waals surface area contributed by atoms with Gasteiger partial charge in [0.05, 0.1) is 12.7 Å². The number of nitrogens with zero attached hydrogens (tertiary/aromatic N) is 1. The monoisotopic (exact) mass is 245 g/mol. The minimum Gasteiger partial charge on any atom is -0.491 e. The molecule has 0 aliphatic heterocycles. The van der Waals surface area contributed by atoms with Gasteiger partial charge in [-0.25, -0.2) is 4.98 Å². The van der Waals surface area contributed by atoms with E-state index >= 15 is 0 Å². The molecule has 18 heavy (non-hydrogen) atoms. The van der Waals surface area contributed by atoms with Crippen LogP contribution in [0, 0.1) is 6.92 Å². The van der Waals surface area contributed by atoms with Crippen molar-refractivity contribution in [1.82, 2.24) is 4.98 Å². The number of aliphatic hydroxyl groups is 1. The van der Waals surface area contributed by atoms with E-state index in [9.17, 15) is 5.11 Å². The quantitative estimate of drug-likeness (QED) is 0.823. The fraction of sp³-hybridized carbons (Fsp3) is 0.400. The van der Waals surface area contributed by atoms with Crippen molar-refractivity contribution in [3.63, 3.8) is 0 Å². The number of hydrogen-bond donors (Lipinski definition) is 1. The Labute approximate surface area is 107 Å². The summed E-state index contributed by atoms with van der Waals surface area (Å²) in [4.78, 5) is 4.52. The third kappa shape index (κ3) is 3.20. The minimum atomic E-state index is -0.263. The highest BCUT2D eigenvalue weighted by Crippen LogP contribution is 2.24. The summed E-state index contributed by atoms with van der Waals surface area (Å²) in [6.45, 7) is 4.38. The molecule has 1 N–H and O–H groups in total. The Hall–Kier alpha value is -1.61. The van der Waals surface area contributed by atoms with Gasteiger partial charge in [-0.05, 0) is 38.8 Å². The predicted octanol–water partition coefficient (Wildman–Crippen LogP) is 3.08. The first-order chi connectivity index (χ1) is 8.66. The second-order valence-corrected chi connectivity index (χ2v) is 4.62. The van der Waals surface area contributed by atoms with Crippen LogP contribution in [0.1, 0.15) is 25.5 Å². The van der Waals surface area contributed by atoms with Crippen LogP contribution in [0.4, 0.5) is 0 Å². The SMILES string of the molecule is Cc1ccc2cccc(OCCCC(C)O)c2n1. The van der Waals surface area contributed by atoms with Crippen LogP contribution in [-0.2, 0) is 0 Å². The van der Waals surface area contributed by atoms with Gasteiger partial charge in [-0.15, -0.1) is 0 Å². The molecular formula is C15H19NO2. The molecule has 0 saturated heterocycles. The zero-order chi connectivity index (χ0) is 13.0. The van der Waals surface area contributed by atoms with Gasteiger partial charge in [0.15, 0.2) is 0 Å². The maximum absolute atomic E-state index is 9.19. The number of aliphatic hydroxyl groups excluding tert-OH is 1. The van der Waals surface area contributed by atoms with Crippen LogP contribution >= 0.6 is 0 Å². The van der Waals surface area contributed by atoms with E-state index in [0.29, 0.717) is 6.61 Å². The molecule has 3 heteroatoms. The van der Waals surface area contributed by atoms with E-state index in [4.69, 9.17) is 4.74 Å². The summed E-state index contributed by atoms with van der Waals surface area (Å²) in [5.41, 5.74) is 1.90. The number of benzene rings is 1. The third-order valence-electron chi connectivity index (χ3n) is 2.85. The fourth-order valence-electron chi connectivity index (χ4n) is 1.89. The third-order valence-corrected chi connectivity index (χ3v) is 2.85. The van der Waals surface area contributed by atoms with Crippen molar-refractivity contribution in [2.75, 3.05) is 6.61 Å². The summed E-state index contributed by atoms with van der Waals surface area (Å²) >= 11 is 0. The van der Waals surface area contributed by atoms with E-state index in [-0.39, 0.29) is 6.10 Å². The van der Waals surface area contributed by atoms with Crippen LogP contribution in [-0.4, -0.2) is 22.8 Å². The van der Waals surface area contributed by atoms with Crippen LogP contribution in [0.3, 0.4) is 0 Å². The van der Waals surface area contributed by atoms with Crippen molar-refractivity contribution in [3.8, 4) is 5.75 Å². The Morgan fingerprint density at radius 2 is 2.11 bits per heavy atom. The summed E-state index contributed by atoms with van der Waals surface area (Å²) in [7, 11) is 0. The average Bonchev–Trinajstić information content (AvgIpc) is 2.34. The predicted molar refractivity (Wildman–Crippen MR) is 72.9 cm³/mol. The van der Waals surface area contributed by atoms with Gasteiger partial charge < -0.3 is 9.84 Å². The lowest BCUT2D eigenvalue weighted by Crippen LogP contribution is -2.04. The molecule has 96 valence electrons. The zero-order valence-electron chi connectivity index (χ0n) is 10.9. The first-order valence-electron chi connectivity index (χ1n) is 6.34. The molecule has 0 aliphatic rings. The molecular weight excluding hydrogens is 226 g/mol. The summed E-state index contributed by atoms with van der Waals surface area (Å²) in [5, 5.41) is 10.3. The normalized spacial score (nSPS) is 12.6. The Bertz CT molecular complexity index is 523. The van der Waals surface area contributed by atoms with Crippen LogP contribution in [0.25, 0.3) is 10.9 Å². The second kappa shape index (κ2) is 5.83. The molecule has 0 spiro atoms. The van der Waals surface area contributed by atoms with Crippen molar-refractivity contribution in [1.29, 1.82) is 0 Å². The van der Waals surface area contributed by atoms with Gasteiger partial charge in [-0.3, -0.25) is 0 Å². The van der Waals surface area contributed by atoms with E-state index in [0.717, 1.165) is 35.2 Å². The van der Waals surface area contributed by atoms with Crippen molar-refractivity contribution in [3.05, 3.63) is 36.0 Å². The second-order valence-electron chi connectivity index (χ2n) is 4.62. The average molecular weight is 245 g/mol. The van der Waals surface area contributed by atoms with E-state index < -0.39 is 0 Å². The summed E-state index contributed by atoms with van der Waals surface area (Å²) in [6.07, 6.45) is 1.35. The number of ether oxygens (including phenoxy) is 1. The number of aromatic nitrogens is 1. The van der Waals surface area contributed by atoms with Crippen molar-refractivity contribution < 1.29 is 9.84 Å². The van der Waals surface area contributed by atoms with Crippen molar-refractivity contribution in [2.45, 2.75) is 32.8 Å². The van der Waals surface area contributed by atoms with Gasteiger partial charge in [0.2, 0.25) is 0 Å². The van der Waals surface area contributed by atoms with Gasteiger partial charge in [-0.1, -0.05) is 18.2 Å². The molecule has 0 aliphatic carbocycles. The van der Waals surface area contributed by atoms with Crippen molar-refractivity contribution >= 4 is 10.9 Å². The van der Waals surface area contributed by atoms with Gasteiger partial charge in [0.25, 0.3) is 0 Å². The maximum atomic E-state index is 9.19. The molecule has 2 aromatic rings. The highest BCUT2D eigenvalue weighted by Gasteiger charge is 2.04. The molecule has 0 saturated carbocycles. The van der Waals surface area contributed by atoms with Crippen LogP contribution in [0.2, 0.25) is 0 Å². The number of hydrogen-bond acceptors (Lipinski definition) is 3. The Balaban J connectivity index is 2.10. The molecule has 1 heterocycles. The van der Waals surface area contributed by atoms with Gasteiger partial charge in [0.1, 0.15) is 11.3 Å². The molecule has 0 bridgehead atoms. The number of para-hydroxylation sites is 1. The van der Waals surface area contributed by atoms with E-state index in [1.165, 1.54) is 0 Å². The van der Waals surface area contributed by atoms with Crippen LogP contribution in [0.15, 0.2) is 30.3 Å². The number of rotatable bonds is 5. The largest absolute Gasteiger partial charge is 0.491 e. The molecule has 1 atom stereocenters. The number of fused-ring (bicyclic) bond motifs is 1. The topological polar surface area (TPSA) is 42.4 Å². The van der Waals surface area contributed by atoms with Crippen LogP contribution in [0.5, 0.6) is 5.75 Å². The molecule has 1 aromatic heterocycles. The fourth-order valence-corrected chi connectivity index (χ4v) is 1.89. The molecule has 0 amide bonds. The zero-order valence-corrected chi connectivity index (χ0v) is 10.9. The van der Waals surface area contributed by atoms with E-state index in [1.54, 1.807) is 6.92 Å². The van der Waals surface area contributed by atoms with Crippen LogP contribution < -0.4 is 4.74 Å². The minimum absolute atomic E-state index is 0.263. The lowest BCUT2D eigenvalue weighted by Gasteiger charge is -2.09. The summed E-state index contributed by atoms with van der Waals surface area (Å²) < 4.78 is 5.75. The number of pyridine rings is 1. The van der Waals surface area contributed by atoms with Crippen molar-refractivity contribution in [2.24, 2.45) is 0 Å². The highest BCUT2D eigenvalue weighted by molar-refractivity contribution is 5.84. The molecule has 1 unspecified atom stereocenters. The lowest BCUT2D eigenvalue weighted by atomic mass is 10.2. The molecule has 1 aromatic carbocycles. The Kier molecular flexibility index (Phi) is 4.15. The standard InChI is InChI=1S/C15H19NO2/c1-11-8-9-13-6-3-7-14(15(13)16-11)18-10-4-5-12(2)17/h3,6-9,12,17H,4-5,10H2,1-2H3. The summed E-state index contributed by atoms with van der Waals surface area (Å²) in [5.74, 6) is 0.821. The van der Waals surface area contributed by atoms with Gasteiger partial charge in [0, 0.05) is 11.1 Å². The first kappa shape index (κ1) is 12.8. The van der Waals surface area contributed by atoms with Gasteiger partial charge >= 0.3 is 0 Å². The van der Waals surface area contributed by atoms with E-state index in [1.807, 2.05) is 31.2 Å².